The Morgan fingerprint density at radius 2 is 2.26 bits per heavy atom. The van der Waals surface area contributed by atoms with Gasteiger partial charge in [-0.2, -0.15) is 0 Å². The van der Waals surface area contributed by atoms with E-state index in [0.29, 0.717) is 12.0 Å². The second kappa shape index (κ2) is 7.43. The van der Waals surface area contributed by atoms with Gasteiger partial charge in [-0.1, -0.05) is 13.8 Å². The Balaban J connectivity index is 1.63. The second-order valence-corrected chi connectivity index (χ2v) is 5.54. The number of hydrogen-bond donors (Lipinski definition) is 1. The number of hydrogen-bond acceptors (Lipinski definition) is 4. The fourth-order valence-electron chi connectivity index (χ4n) is 2.37. The molecule has 1 aromatic heterocycles. The molecule has 0 radical (unpaired) electrons. The molecule has 0 amide bonds. The first kappa shape index (κ1) is 14.3. The van der Waals surface area contributed by atoms with Gasteiger partial charge in [-0.3, -0.25) is 0 Å². The van der Waals surface area contributed by atoms with Crippen molar-refractivity contribution in [1.82, 2.24) is 9.97 Å². The molecular weight excluding hydrogens is 238 g/mol. The molecule has 1 atom stereocenters. The molecule has 1 aromatic rings. The predicted octanol–water partition coefficient (Wildman–Crippen LogP) is 3.36. The summed E-state index contributed by atoms with van der Waals surface area (Å²) in [6.07, 6.45) is 8.23. The number of ether oxygens (including phenoxy) is 1. The summed E-state index contributed by atoms with van der Waals surface area (Å²) in [4.78, 5) is 8.52. The van der Waals surface area contributed by atoms with Crippen LogP contribution in [-0.4, -0.2) is 29.2 Å². The van der Waals surface area contributed by atoms with Crippen LogP contribution in [0.1, 0.15) is 57.6 Å². The first-order valence-electron chi connectivity index (χ1n) is 7.43. The number of anilines is 1. The molecule has 2 rings (SSSR count). The molecule has 0 aliphatic carbocycles. The quantitative estimate of drug-likeness (QED) is 0.766. The van der Waals surface area contributed by atoms with Gasteiger partial charge in [0, 0.05) is 24.9 Å². The van der Waals surface area contributed by atoms with Crippen molar-refractivity contribution in [3.8, 4) is 0 Å². The van der Waals surface area contributed by atoms with Crippen LogP contribution >= 0.6 is 0 Å². The number of nitrogens with zero attached hydrogens (tertiary/aromatic N) is 2. The Kier molecular flexibility index (Phi) is 5.58. The summed E-state index contributed by atoms with van der Waals surface area (Å²) in [5, 5.41) is 3.37. The summed E-state index contributed by atoms with van der Waals surface area (Å²) in [7, 11) is 0. The molecule has 2 heterocycles. The monoisotopic (exact) mass is 263 g/mol. The van der Waals surface area contributed by atoms with Gasteiger partial charge in [0.15, 0.2) is 0 Å². The number of rotatable bonds is 7. The van der Waals surface area contributed by atoms with Gasteiger partial charge in [-0.15, -0.1) is 0 Å². The average Bonchev–Trinajstić information content (AvgIpc) is 2.92. The van der Waals surface area contributed by atoms with E-state index in [1.165, 1.54) is 32.1 Å². The molecule has 106 valence electrons. The smallest absolute Gasteiger partial charge is 0.129 e. The lowest BCUT2D eigenvalue weighted by atomic mass is 10.1. The second-order valence-electron chi connectivity index (χ2n) is 5.54. The molecule has 1 fully saturated rings. The van der Waals surface area contributed by atoms with Crippen molar-refractivity contribution in [1.29, 1.82) is 0 Å². The van der Waals surface area contributed by atoms with E-state index < -0.39 is 0 Å². The van der Waals surface area contributed by atoms with E-state index >= 15 is 0 Å². The van der Waals surface area contributed by atoms with Crippen LogP contribution in [0.25, 0.3) is 0 Å². The topological polar surface area (TPSA) is 47.0 Å². The molecule has 1 unspecified atom stereocenters. The zero-order valence-electron chi connectivity index (χ0n) is 12.1. The molecule has 1 saturated heterocycles. The summed E-state index contributed by atoms with van der Waals surface area (Å²) in [6, 6.07) is 2.05. The summed E-state index contributed by atoms with van der Waals surface area (Å²) < 4.78 is 5.62. The molecule has 19 heavy (non-hydrogen) atoms. The van der Waals surface area contributed by atoms with Gasteiger partial charge in [0.2, 0.25) is 0 Å². The third kappa shape index (κ3) is 4.78. The van der Waals surface area contributed by atoms with E-state index in [4.69, 9.17) is 4.74 Å². The first-order chi connectivity index (χ1) is 9.25. The van der Waals surface area contributed by atoms with Gasteiger partial charge in [-0.25, -0.2) is 9.97 Å². The molecule has 1 N–H and O–H groups in total. The van der Waals surface area contributed by atoms with E-state index in [9.17, 15) is 0 Å². The Bertz CT molecular complexity index is 375. The maximum atomic E-state index is 5.62. The Morgan fingerprint density at radius 1 is 1.37 bits per heavy atom. The SMILES string of the molecule is CC(C)c1cc(NCCCCC2CCCO2)ncn1. The highest BCUT2D eigenvalue weighted by molar-refractivity contribution is 5.35. The van der Waals surface area contributed by atoms with Crippen LogP contribution in [0.15, 0.2) is 12.4 Å². The summed E-state index contributed by atoms with van der Waals surface area (Å²) in [5.74, 6) is 1.39. The number of unbranched alkanes of at least 4 members (excludes halogenated alkanes) is 1. The Labute approximate surface area is 116 Å². The van der Waals surface area contributed by atoms with E-state index in [-0.39, 0.29) is 0 Å². The largest absolute Gasteiger partial charge is 0.378 e. The van der Waals surface area contributed by atoms with Gasteiger partial charge < -0.3 is 10.1 Å². The van der Waals surface area contributed by atoms with Crippen molar-refractivity contribution in [2.45, 2.75) is 58.0 Å². The highest BCUT2D eigenvalue weighted by Crippen LogP contribution is 2.18. The maximum absolute atomic E-state index is 5.62. The summed E-state index contributed by atoms with van der Waals surface area (Å²) in [6.45, 7) is 6.23. The minimum absolute atomic E-state index is 0.447. The van der Waals surface area contributed by atoms with Crippen LogP contribution in [0.5, 0.6) is 0 Å². The average molecular weight is 263 g/mol. The minimum atomic E-state index is 0.447. The molecular formula is C15H25N3O. The molecule has 1 aliphatic heterocycles. The Morgan fingerprint density at radius 3 is 3.00 bits per heavy atom. The highest BCUT2D eigenvalue weighted by atomic mass is 16.5. The van der Waals surface area contributed by atoms with Crippen LogP contribution in [0.4, 0.5) is 5.82 Å². The molecule has 0 bridgehead atoms. The lowest BCUT2D eigenvalue weighted by Crippen LogP contribution is -2.08. The molecule has 4 heteroatoms. The molecule has 0 spiro atoms. The highest BCUT2D eigenvalue weighted by Gasteiger charge is 2.14. The van der Waals surface area contributed by atoms with Gasteiger partial charge >= 0.3 is 0 Å². The van der Waals surface area contributed by atoms with Crippen LogP contribution in [-0.2, 0) is 4.74 Å². The van der Waals surface area contributed by atoms with E-state index in [1.54, 1.807) is 6.33 Å². The summed E-state index contributed by atoms with van der Waals surface area (Å²) >= 11 is 0. The Hall–Kier alpha value is -1.16. The third-order valence-electron chi connectivity index (χ3n) is 3.56. The van der Waals surface area contributed by atoms with Crippen LogP contribution in [0, 0.1) is 0 Å². The van der Waals surface area contributed by atoms with Crippen molar-refractivity contribution < 1.29 is 4.74 Å². The van der Waals surface area contributed by atoms with E-state index in [0.717, 1.165) is 24.7 Å². The summed E-state index contributed by atoms with van der Waals surface area (Å²) in [5.41, 5.74) is 1.09. The fourth-order valence-corrected chi connectivity index (χ4v) is 2.37. The van der Waals surface area contributed by atoms with Crippen LogP contribution in [0.2, 0.25) is 0 Å². The van der Waals surface area contributed by atoms with Crippen molar-refractivity contribution in [3.63, 3.8) is 0 Å². The van der Waals surface area contributed by atoms with Gasteiger partial charge in [0.05, 0.1) is 6.10 Å². The van der Waals surface area contributed by atoms with E-state index in [1.807, 2.05) is 6.07 Å². The zero-order valence-corrected chi connectivity index (χ0v) is 12.1. The van der Waals surface area contributed by atoms with Crippen molar-refractivity contribution in [2.75, 3.05) is 18.5 Å². The number of aromatic nitrogens is 2. The van der Waals surface area contributed by atoms with Crippen molar-refractivity contribution >= 4 is 5.82 Å². The predicted molar refractivity (Wildman–Crippen MR) is 77.4 cm³/mol. The first-order valence-corrected chi connectivity index (χ1v) is 7.43. The third-order valence-corrected chi connectivity index (χ3v) is 3.56. The molecule has 0 aromatic carbocycles. The zero-order chi connectivity index (χ0) is 13.5. The lowest BCUT2D eigenvalue weighted by molar-refractivity contribution is 0.102. The normalized spacial score (nSPS) is 19.0. The van der Waals surface area contributed by atoms with Crippen molar-refractivity contribution in [2.24, 2.45) is 0 Å². The minimum Gasteiger partial charge on any atom is -0.378 e. The van der Waals surface area contributed by atoms with Crippen LogP contribution in [0.3, 0.4) is 0 Å². The van der Waals surface area contributed by atoms with Gasteiger partial charge in [-0.05, 0) is 38.0 Å². The van der Waals surface area contributed by atoms with Crippen LogP contribution < -0.4 is 5.32 Å². The lowest BCUT2D eigenvalue weighted by Gasteiger charge is -2.10. The van der Waals surface area contributed by atoms with Gasteiger partial charge in [0.1, 0.15) is 12.1 Å². The molecule has 4 nitrogen and oxygen atoms in total. The van der Waals surface area contributed by atoms with Gasteiger partial charge in [0.25, 0.3) is 0 Å². The number of nitrogens with one attached hydrogen (secondary N) is 1. The molecule has 1 aliphatic rings. The van der Waals surface area contributed by atoms with Crippen molar-refractivity contribution in [3.05, 3.63) is 18.1 Å². The standard InChI is InChI=1S/C15H25N3O/c1-12(2)14-10-15(18-11-17-14)16-8-4-3-6-13-7-5-9-19-13/h10-13H,3-9H2,1-2H3,(H,16,17,18). The molecule has 0 saturated carbocycles. The fraction of sp³-hybridized carbons (Fsp3) is 0.733. The maximum Gasteiger partial charge on any atom is 0.129 e. The van der Waals surface area contributed by atoms with E-state index in [2.05, 4.69) is 29.1 Å².